The van der Waals surface area contributed by atoms with E-state index >= 15 is 0 Å². The molecule has 0 spiro atoms. The molecule has 0 saturated heterocycles. The van der Waals surface area contributed by atoms with Crippen molar-refractivity contribution in [3.8, 4) is 0 Å². The molecule has 2 heterocycles. The average molecular weight is 789 g/mol. The van der Waals surface area contributed by atoms with Crippen LogP contribution in [0.4, 0.5) is 4.79 Å². The summed E-state index contributed by atoms with van der Waals surface area (Å²) in [6.45, 7) is 9.62. The Labute approximate surface area is 324 Å². The minimum Gasteiger partial charge on any atom is -0.465 e. The zero-order valence-corrected chi connectivity index (χ0v) is 32.9. The van der Waals surface area contributed by atoms with Crippen LogP contribution in [0.3, 0.4) is 0 Å². The van der Waals surface area contributed by atoms with Crippen LogP contribution in [0.5, 0.6) is 0 Å². The van der Waals surface area contributed by atoms with Gasteiger partial charge in [0.15, 0.2) is 11.9 Å². The predicted octanol–water partition coefficient (Wildman–Crippen LogP) is 5.11. The maximum atomic E-state index is 13.2. The number of aromatic nitrogens is 3. The smallest absolute Gasteiger partial charge is 0.408 e. The molecule has 0 bridgehead atoms. The van der Waals surface area contributed by atoms with Crippen LogP contribution in [0, 0.1) is 5.92 Å². The number of nitrogens with zero attached hydrogens (tertiary/aromatic N) is 3. The molecule has 0 radical (unpaired) electrons. The van der Waals surface area contributed by atoms with Gasteiger partial charge in [0.2, 0.25) is 0 Å². The predicted molar refractivity (Wildman–Crippen MR) is 202 cm³/mol. The molecule has 1 amide bonds. The fraction of sp³-hybridized carbons (Fsp3) is 0.553. The number of hydrogen-bond acceptors (Lipinski definition) is 14. The topological polar surface area (TPSA) is 193 Å². The highest BCUT2D eigenvalue weighted by molar-refractivity contribution is 7.99. The van der Waals surface area contributed by atoms with Crippen LogP contribution in [0.15, 0.2) is 52.5 Å². The minimum absolute atomic E-state index is 0.0217. The van der Waals surface area contributed by atoms with Crippen molar-refractivity contribution in [2.45, 2.75) is 110 Å². The molecule has 0 aliphatic carbocycles. The number of fused-ring (bicyclic) bond motifs is 1. The second-order valence-electron chi connectivity index (χ2n) is 13.0. The number of unbranched alkanes of at least 4 members (excludes halogenated alkanes) is 2. The fourth-order valence-corrected chi connectivity index (χ4v) is 5.63. The van der Waals surface area contributed by atoms with Gasteiger partial charge < -0.3 is 42.9 Å². The molecule has 2 aromatic heterocycles. The first-order chi connectivity index (χ1) is 26.3. The quantitative estimate of drug-likeness (QED) is 0.0314. The molecule has 0 unspecified atom stereocenters. The largest absolute Gasteiger partial charge is 0.465 e. The van der Waals surface area contributed by atoms with E-state index in [9.17, 15) is 28.8 Å². The summed E-state index contributed by atoms with van der Waals surface area (Å²) < 4.78 is 35.3. The molecule has 16 nitrogen and oxygen atoms in total. The summed E-state index contributed by atoms with van der Waals surface area (Å²) in [6, 6.07) is 9.92. The number of amides is 1. The van der Waals surface area contributed by atoms with Crippen LogP contribution in [0.1, 0.15) is 78.7 Å². The van der Waals surface area contributed by atoms with Gasteiger partial charge in [0, 0.05) is 25.6 Å². The number of benzene rings is 1. The number of carbonyl (C=O) groups is 5. The number of carbonyl (C=O) groups excluding carboxylic acids is 5. The second kappa shape index (κ2) is 23.8. The lowest BCUT2D eigenvalue weighted by Crippen LogP contribution is -2.39. The van der Waals surface area contributed by atoms with Crippen LogP contribution in [0.25, 0.3) is 11.0 Å². The minimum atomic E-state index is -0.922. The zero-order valence-electron chi connectivity index (χ0n) is 32.1. The molecular formula is C38H52N4O12S. The Morgan fingerprint density at radius 1 is 0.782 bits per heavy atom. The molecule has 0 aliphatic heterocycles. The van der Waals surface area contributed by atoms with Crippen molar-refractivity contribution in [3.05, 3.63) is 58.5 Å². The lowest BCUT2D eigenvalue weighted by atomic mass is 10.2. The number of nitrogens with one attached hydrogen (secondary N) is 1. The van der Waals surface area contributed by atoms with Gasteiger partial charge in [-0.3, -0.25) is 19.2 Å². The molecule has 302 valence electrons. The SMILES string of the molecule is CC(C)OCCn1c(SCOC(=O)CCCCOC(=O)C(C)C)nc(=O)c2c1ccn2COC(=O)CCCCOC(=O)[C@H](C)NC(=O)OCc1ccccc1. The van der Waals surface area contributed by atoms with Gasteiger partial charge in [0.25, 0.3) is 5.56 Å². The normalized spacial score (nSPS) is 11.7. The average Bonchev–Trinajstić information content (AvgIpc) is 3.58. The highest BCUT2D eigenvalue weighted by atomic mass is 32.2. The van der Waals surface area contributed by atoms with Gasteiger partial charge >= 0.3 is 30.0 Å². The van der Waals surface area contributed by atoms with E-state index in [-0.39, 0.29) is 68.8 Å². The highest BCUT2D eigenvalue weighted by Gasteiger charge is 2.19. The fourth-order valence-electron chi connectivity index (χ4n) is 4.84. The summed E-state index contributed by atoms with van der Waals surface area (Å²) in [5.41, 5.74) is 1.04. The lowest BCUT2D eigenvalue weighted by Gasteiger charge is -2.16. The van der Waals surface area contributed by atoms with Crippen molar-refractivity contribution in [1.82, 2.24) is 19.4 Å². The number of esters is 4. The maximum Gasteiger partial charge on any atom is 0.408 e. The van der Waals surface area contributed by atoms with E-state index in [1.165, 1.54) is 11.5 Å². The summed E-state index contributed by atoms with van der Waals surface area (Å²) in [5, 5.41) is 2.76. The van der Waals surface area contributed by atoms with Gasteiger partial charge in [-0.1, -0.05) is 44.2 Å². The molecule has 1 aromatic carbocycles. The van der Waals surface area contributed by atoms with Crippen LogP contribution in [0.2, 0.25) is 0 Å². The van der Waals surface area contributed by atoms with E-state index in [0.717, 1.165) is 17.3 Å². The number of thioether (sulfide) groups is 1. The summed E-state index contributed by atoms with van der Waals surface area (Å²) in [6.07, 6.45) is 2.86. The monoisotopic (exact) mass is 788 g/mol. The second-order valence-corrected chi connectivity index (χ2v) is 13.9. The molecule has 3 aromatic rings. The standard InChI is InChI=1S/C38H52N4O12S/c1-26(2)35(46)50-20-11-10-16-32(44)54-25-55-37-40-34(45)33-30(42(37)19-22-49-27(3)4)17-18-41(33)24-53-31(43)15-9-12-21-51-36(47)28(5)39-38(48)52-23-29-13-7-6-8-14-29/h6-8,13-14,17-18,26-28H,9-12,15-16,19-25H2,1-5H3,(H,39,48)/t28-/m0/s1. The molecule has 17 heteroatoms. The Bertz CT molecular complexity index is 1760. The van der Waals surface area contributed by atoms with E-state index in [4.69, 9.17) is 28.4 Å². The van der Waals surface area contributed by atoms with E-state index in [1.807, 2.05) is 44.2 Å². The van der Waals surface area contributed by atoms with Crippen molar-refractivity contribution >= 4 is 52.8 Å². The number of ether oxygens (including phenoxy) is 6. The Kier molecular flexibility index (Phi) is 19.2. The molecule has 1 N–H and O–H groups in total. The van der Waals surface area contributed by atoms with Gasteiger partial charge in [-0.2, -0.15) is 4.98 Å². The van der Waals surface area contributed by atoms with Crippen molar-refractivity contribution in [1.29, 1.82) is 0 Å². The molecule has 0 fully saturated rings. The first kappa shape index (κ1) is 44.5. The first-order valence-electron chi connectivity index (χ1n) is 18.3. The van der Waals surface area contributed by atoms with Crippen LogP contribution in [-0.4, -0.2) is 82.0 Å². The third-order valence-electron chi connectivity index (χ3n) is 7.81. The van der Waals surface area contributed by atoms with Gasteiger partial charge in [-0.25, -0.2) is 9.59 Å². The van der Waals surface area contributed by atoms with E-state index in [0.29, 0.717) is 49.5 Å². The Morgan fingerprint density at radius 3 is 2.09 bits per heavy atom. The third-order valence-corrected chi connectivity index (χ3v) is 8.62. The van der Waals surface area contributed by atoms with Gasteiger partial charge in [0.05, 0.1) is 37.4 Å². The molecule has 0 aliphatic rings. The molecule has 55 heavy (non-hydrogen) atoms. The summed E-state index contributed by atoms with van der Waals surface area (Å²) in [5.74, 6) is -2.12. The van der Waals surface area contributed by atoms with Gasteiger partial charge in [-0.15, -0.1) is 0 Å². The van der Waals surface area contributed by atoms with Crippen LogP contribution >= 0.6 is 11.8 Å². The molecule has 0 saturated carbocycles. The molecule has 3 rings (SSSR count). The van der Waals surface area contributed by atoms with Gasteiger partial charge in [-0.05, 0) is 69.8 Å². The van der Waals surface area contributed by atoms with Crippen molar-refractivity contribution in [3.63, 3.8) is 0 Å². The van der Waals surface area contributed by atoms with Crippen LogP contribution < -0.4 is 10.9 Å². The van der Waals surface area contributed by atoms with E-state index in [2.05, 4.69) is 10.3 Å². The highest BCUT2D eigenvalue weighted by Crippen LogP contribution is 2.22. The third kappa shape index (κ3) is 16.2. The number of hydrogen-bond donors (Lipinski definition) is 1. The number of rotatable bonds is 24. The summed E-state index contributed by atoms with van der Waals surface area (Å²) in [7, 11) is 0. The lowest BCUT2D eigenvalue weighted by molar-refractivity contribution is -0.148. The van der Waals surface area contributed by atoms with E-state index < -0.39 is 35.6 Å². The van der Waals surface area contributed by atoms with Crippen LogP contribution in [-0.2, 0) is 67.5 Å². The van der Waals surface area contributed by atoms with Crippen molar-refractivity contribution in [2.75, 3.05) is 25.8 Å². The van der Waals surface area contributed by atoms with Gasteiger partial charge in [0.1, 0.15) is 24.1 Å². The van der Waals surface area contributed by atoms with Crippen molar-refractivity contribution in [2.24, 2.45) is 5.92 Å². The zero-order chi connectivity index (χ0) is 40.2. The Hall–Kier alpha value is -4.90. The summed E-state index contributed by atoms with van der Waals surface area (Å²) >= 11 is 1.10. The Balaban J connectivity index is 1.44. The van der Waals surface area contributed by atoms with E-state index in [1.54, 1.807) is 30.7 Å². The maximum absolute atomic E-state index is 13.2. The first-order valence-corrected chi connectivity index (χ1v) is 19.3. The molecular weight excluding hydrogens is 737 g/mol. The summed E-state index contributed by atoms with van der Waals surface area (Å²) in [4.78, 5) is 78.0. The number of alkyl carbamates (subject to hydrolysis) is 1. The Morgan fingerprint density at radius 2 is 1.44 bits per heavy atom. The van der Waals surface area contributed by atoms with Crippen molar-refractivity contribution < 1.29 is 52.4 Å². The molecule has 1 atom stereocenters.